The number of fused-ring (bicyclic) bond motifs is 2. The van der Waals surface area contributed by atoms with E-state index in [-0.39, 0.29) is 18.0 Å². The van der Waals surface area contributed by atoms with Gasteiger partial charge in [-0.15, -0.1) is 0 Å². The number of phenols is 1. The number of carbonyl (C=O) groups excluding carboxylic acids is 2. The van der Waals surface area contributed by atoms with Gasteiger partial charge < -0.3 is 19.2 Å². The fourth-order valence-corrected chi connectivity index (χ4v) is 3.45. The van der Waals surface area contributed by atoms with E-state index in [9.17, 15) is 14.7 Å². The highest BCUT2D eigenvalue weighted by molar-refractivity contribution is 6.11. The first-order valence-electron chi connectivity index (χ1n) is 8.94. The van der Waals surface area contributed by atoms with Crippen LogP contribution in [0.15, 0.2) is 53.1 Å². The van der Waals surface area contributed by atoms with Crippen molar-refractivity contribution in [3.05, 3.63) is 65.5 Å². The van der Waals surface area contributed by atoms with E-state index in [4.69, 9.17) is 9.15 Å². The van der Waals surface area contributed by atoms with Crippen LogP contribution in [0.25, 0.3) is 21.9 Å². The quantitative estimate of drug-likeness (QED) is 0.400. The van der Waals surface area contributed by atoms with Crippen LogP contribution in [0.4, 0.5) is 0 Å². The van der Waals surface area contributed by atoms with Crippen molar-refractivity contribution in [1.29, 1.82) is 0 Å². The van der Waals surface area contributed by atoms with Crippen LogP contribution in [0.3, 0.4) is 0 Å². The number of Topliss-reactive ketones (excluding diaryl/α,β-unsaturated/α-hetero) is 1. The van der Waals surface area contributed by atoms with E-state index in [0.717, 1.165) is 22.0 Å². The Hall–Kier alpha value is -3.54. The summed E-state index contributed by atoms with van der Waals surface area (Å²) in [5, 5.41) is 11.0. The van der Waals surface area contributed by atoms with Gasteiger partial charge in [0.25, 0.3) is 0 Å². The molecule has 6 nitrogen and oxygen atoms in total. The number of furan rings is 1. The summed E-state index contributed by atoms with van der Waals surface area (Å²) >= 11 is 0. The van der Waals surface area contributed by atoms with Gasteiger partial charge in [-0.1, -0.05) is 18.2 Å². The molecule has 0 unspecified atom stereocenters. The molecule has 0 saturated heterocycles. The molecule has 0 aliphatic heterocycles. The highest BCUT2D eigenvalue weighted by Gasteiger charge is 2.25. The van der Waals surface area contributed by atoms with Gasteiger partial charge in [0.15, 0.2) is 6.10 Å². The number of aromatic hydroxyl groups is 1. The fourth-order valence-electron chi connectivity index (χ4n) is 3.45. The zero-order chi connectivity index (χ0) is 19.8. The van der Waals surface area contributed by atoms with E-state index < -0.39 is 12.1 Å². The Morgan fingerprint density at radius 1 is 1.18 bits per heavy atom. The van der Waals surface area contributed by atoms with E-state index in [0.29, 0.717) is 16.7 Å². The number of hydrogen-bond acceptors (Lipinski definition) is 5. The van der Waals surface area contributed by atoms with E-state index in [1.807, 2.05) is 31.2 Å². The van der Waals surface area contributed by atoms with Crippen LogP contribution >= 0.6 is 0 Å². The summed E-state index contributed by atoms with van der Waals surface area (Å²) in [5.74, 6) is -0.677. The third kappa shape index (κ3) is 3.13. The molecule has 0 fully saturated rings. The molecule has 4 aromatic rings. The molecule has 0 aliphatic rings. The van der Waals surface area contributed by atoms with E-state index in [1.165, 1.54) is 18.4 Å². The normalized spacial score (nSPS) is 12.4. The second-order valence-electron chi connectivity index (χ2n) is 6.79. The largest absolute Gasteiger partial charge is 0.508 e. The lowest BCUT2D eigenvalue weighted by atomic mass is 10.0. The Bertz CT molecular complexity index is 1200. The van der Waals surface area contributed by atoms with Crippen molar-refractivity contribution in [2.45, 2.75) is 26.4 Å². The number of carbonyl (C=O) groups is 2. The van der Waals surface area contributed by atoms with Crippen LogP contribution in [0.5, 0.6) is 5.75 Å². The maximum atomic E-state index is 12.9. The molecule has 2 heterocycles. The monoisotopic (exact) mass is 377 g/mol. The van der Waals surface area contributed by atoms with E-state index in [1.54, 1.807) is 13.0 Å². The third-order valence-corrected chi connectivity index (χ3v) is 4.79. The van der Waals surface area contributed by atoms with Crippen LogP contribution in [-0.4, -0.2) is 27.9 Å². The summed E-state index contributed by atoms with van der Waals surface area (Å²) in [6.45, 7) is 3.40. The van der Waals surface area contributed by atoms with Gasteiger partial charge in [0.2, 0.25) is 5.78 Å². The number of benzene rings is 2. The Kier molecular flexibility index (Phi) is 4.39. The third-order valence-electron chi connectivity index (χ3n) is 4.79. The first-order valence-corrected chi connectivity index (χ1v) is 8.94. The average molecular weight is 377 g/mol. The predicted molar refractivity (Wildman–Crippen MR) is 105 cm³/mol. The number of H-pyrrole nitrogens is 1. The Balaban J connectivity index is 1.50. The number of aromatic amines is 1. The van der Waals surface area contributed by atoms with Crippen LogP contribution in [-0.2, 0) is 16.0 Å². The number of ether oxygens (including phenoxy) is 1. The Morgan fingerprint density at radius 2 is 1.96 bits per heavy atom. The first-order chi connectivity index (χ1) is 13.4. The van der Waals surface area contributed by atoms with Crippen molar-refractivity contribution in [2.75, 3.05) is 0 Å². The van der Waals surface area contributed by atoms with Gasteiger partial charge in [-0.05, 0) is 32.0 Å². The number of nitrogens with one attached hydrogen (secondary N) is 1. The number of rotatable bonds is 5. The van der Waals surface area contributed by atoms with E-state index >= 15 is 0 Å². The highest BCUT2D eigenvalue weighted by Crippen LogP contribution is 2.26. The molecule has 1 atom stereocenters. The van der Waals surface area contributed by atoms with Gasteiger partial charge in [-0.2, -0.15) is 0 Å². The topological polar surface area (TPSA) is 92.5 Å². The van der Waals surface area contributed by atoms with Crippen molar-refractivity contribution in [3.8, 4) is 5.75 Å². The first kappa shape index (κ1) is 17.9. The molecule has 2 aromatic carbocycles. The molecule has 0 bridgehead atoms. The maximum Gasteiger partial charge on any atom is 0.311 e. The molecule has 2 N–H and O–H groups in total. The lowest BCUT2D eigenvalue weighted by Gasteiger charge is -2.12. The second-order valence-corrected chi connectivity index (χ2v) is 6.79. The van der Waals surface area contributed by atoms with Crippen molar-refractivity contribution >= 4 is 33.6 Å². The van der Waals surface area contributed by atoms with Gasteiger partial charge in [0.05, 0.1) is 12.7 Å². The van der Waals surface area contributed by atoms with Crippen LogP contribution in [0.2, 0.25) is 0 Å². The molecule has 0 aliphatic carbocycles. The molecule has 2 aromatic heterocycles. The van der Waals surface area contributed by atoms with Gasteiger partial charge in [-0.3, -0.25) is 9.59 Å². The second kappa shape index (κ2) is 6.88. The Morgan fingerprint density at radius 3 is 2.79 bits per heavy atom. The lowest BCUT2D eigenvalue weighted by Crippen LogP contribution is -2.25. The number of para-hydroxylation sites is 1. The molecule has 0 amide bonds. The minimum atomic E-state index is -0.910. The van der Waals surface area contributed by atoms with Crippen molar-refractivity contribution in [3.63, 3.8) is 0 Å². The summed E-state index contributed by atoms with van der Waals surface area (Å²) in [7, 11) is 0. The van der Waals surface area contributed by atoms with E-state index in [2.05, 4.69) is 4.98 Å². The fraction of sp³-hybridized carbons (Fsp3) is 0.182. The van der Waals surface area contributed by atoms with Crippen molar-refractivity contribution < 1.29 is 23.8 Å². The lowest BCUT2D eigenvalue weighted by molar-refractivity contribution is -0.145. The number of aromatic nitrogens is 1. The van der Waals surface area contributed by atoms with Crippen LogP contribution in [0.1, 0.15) is 28.5 Å². The minimum absolute atomic E-state index is 0.0255. The SMILES string of the molecule is Cc1[nH]c2ccccc2c1C(=O)[C@H](C)OC(=O)Cc1coc2cc(O)ccc12. The average Bonchev–Trinajstić information content (AvgIpc) is 3.20. The number of hydrogen-bond donors (Lipinski definition) is 2. The van der Waals surface area contributed by atoms with Crippen LogP contribution < -0.4 is 0 Å². The number of esters is 1. The zero-order valence-corrected chi connectivity index (χ0v) is 15.5. The van der Waals surface area contributed by atoms with Gasteiger partial charge in [-0.25, -0.2) is 0 Å². The molecule has 28 heavy (non-hydrogen) atoms. The molecule has 6 heteroatoms. The highest BCUT2D eigenvalue weighted by atomic mass is 16.5. The predicted octanol–water partition coefficient (Wildman–Crippen LogP) is 4.29. The number of phenolic OH excluding ortho intramolecular Hbond substituents is 1. The van der Waals surface area contributed by atoms with Gasteiger partial charge >= 0.3 is 5.97 Å². The van der Waals surface area contributed by atoms with Crippen LogP contribution in [0, 0.1) is 6.92 Å². The Labute approximate surface area is 160 Å². The summed E-state index contributed by atoms with van der Waals surface area (Å²) in [5.41, 5.74) is 3.29. The van der Waals surface area contributed by atoms with Gasteiger partial charge in [0, 0.05) is 39.2 Å². The van der Waals surface area contributed by atoms with Crippen molar-refractivity contribution in [2.24, 2.45) is 0 Å². The smallest absolute Gasteiger partial charge is 0.311 e. The molecule has 142 valence electrons. The molecular weight excluding hydrogens is 358 g/mol. The maximum absolute atomic E-state index is 12.9. The standard InChI is InChI=1S/C22H19NO5/c1-12-21(17-5-3-4-6-18(17)23-12)22(26)13(2)28-20(25)9-14-11-27-19-10-15(24)7-8-16(14)19/h3-8,10-11,13,23-24H,9H2,1-2H3/t13-/m0/s1. The molecule has 0 radical (unpaired) electrons. The zero-order valence-electron chi connectivity index (χ0n) is 15.5. The van der Waals surface area contributed by atoms with Gasteiger partial charge in [0.1, 0.15) is 11.3 Å². The molecule has 0 saturated carbocycles. The molecule has 4 rings (SSSR count). The summed E-state index contributed by atoms with van der Waals surface area (Å²) in [4.78, 5) is 28.4. The van der Waals surface area contributed by atoms with Crippen molar-refractivity contribution in [1.82, 2.24) is 4.98 Å². The summed E-state index contributed by atoms with van der Waals surface area (Å²) in [6.07, 6.45) is 0.525. The summed E-state index contributed by atoms with van der Waals surface area (Å²) in [6, 6.07) is 12.2. The molecule has 0 spiro atoms. The summed E-state index contributed by atoms with van der Waals surface area (Å²) < 4.78 is 10.8. The number of aryl methyl sites for hydroxylation is 1. The number of ketones is 1. The molecular formula is C22H19NO5. The minimum Gasteiger partial charge on any atom is -0.508 e.